The topological polar surface area (TPSA) is 117 Å². The number of hydrogen-bond donors (Lipinski definition) is 2. The van der Waals surface area contributed by atoms with E-state index in [-0.39, 0.29) is 10.8 Å². The molecule has 0 bridgehead atoms. The Morgan fingerprint density at radius 1 is 0.921 bits per heavy atom. The van der Waals surface area contributed by atoms with E-state index >= 15 is 0 Å². The summed E-state index contributed by atoms with van der Waals surface area (Å²) >= 11 is 0. The van der Waals surface area contributed by atoms with Crippen molar-refractivity contribution in [3.8, 4) is 22.9 Å². The molecule has 0 atom stereocenters. The van der Waals surface area contributed by atoms with Gasteiger partial charge in [0.05, 0.1) is 10.3 Å². The molecule has 0 aliphatic heterocycles. The fourth-order valence-electron chi connectivity index (χ4n) is 3.35. The van der Waals surface area contributed by atoms with Crippen LogP contribution in [0.5, 0.6) is 0 Å². The number of alkyl halides is 1. The number of halogens is 1. The molecule has 4 aromatic rings. The summed E-state index contributed by atoms with van der Waals surface area (Å²) in [6.07, 6.45) is 0. The Labute approximate surface area is 220 Å². The molecule has 0 radical (unpaired) electrons. The van der Waals surface area contributed by atoms with Gasteiger partial charge in [-0.05, 0) is 80.6 Å². The highest BCUT2D eigenvalue weighted by Gasteiger charge is 2.27. The minimum Gasteiger partial charge on any atom is -0.416 e. The average Bonchev–Trinajstić information content (AvgIpc) is 3.40. The Kier molecular flexibility index (Phi) is 7.49. The van der Waals surface area contributed by atoms with E-state index < -0.39 is 28.0 Å². The highest BCUT2D eigenvalue weighted by molar-refractivity contribution is 7.92. The lowest BCUT2D eigenvalue weighted by atomic mass is 9.94. The largest absolute Gasteiger partial charge is 0.416 e. The van der Waals surface area contributed by atoms with Crippen LogP contribution in [0, 0.1) is 5.41 Å². The summed E-state index contributed by atoms with van der Waals surface area (Å²) in [6.45, 7) is 2.20. The van der Waals surface area contributed by atoms with Crippen molar-refractivity contribution in [1.29, 1.82) is 0 Å². The van der Waals surface area contributed by atoms with Gasteiger partial charge in [-0.25, -0.2) is 12.8 Å². The zero-order valence-corrected chi connectivity index (χ0v) is 22.2. The molecule has 1 amide bonds. The van der Waals surface area contributed by atoms with E-state index in [4.69, 9.17) is 4.42 Å². The molecule has 198 valence electrons. The van der Waals surface area contributed by atoms with Gasteiger partial charge in [0.25, 0.3) is 10.0 Å². The van der Waals surface area contributed by atoms with Crippen molar-refractivity contribution >= 4 is 33.0 Å². The van der Waals surface area contributed by atoms with E-state index in [9.17, 15) is 17.6 Å². The summed E-state index contributed by atoms with van der Waals surface area (Å²) in [4.78, 5) is 14.1. The van der Waals surface area contributed by atoms with Gasteiger partial charge in [-0.3, -0.25) is 9.52 Å². The Hall–Kier alpha value is -4.25. The van der Waals surface area contributed by atoms with Crippen LogP contribution in [0.15, 0.2) is 82.1 Å². The standard InChI is InChI=1S/C27H28FN5O4S/c1-27(2,17-28)26(34)29-20-10-12-21(13-11-20)32-38(35,36)23-14-8-18(9-15-23)24-30-31-25(37-24)19-6-5-7-22(16-19)33(3)4/h5-16,32H,17H2,1-4H3,(H,29,34). The number of sulfonamides is 1. The molecular weight excluding hydrogens is 509 g/mol. The lowest BCUT2D eigenvalue weighted by Crippen LogP contribution is -2.32. The van der Waals surface area contributed by atoms with E-state index in [0.717, 1.165) is 11.3 Å². The number of nitrogens with one attached hydrogen (secondary N) is 2. The highest BCUT2D eigenvalue weighted by atomic mass is 32.2. The molecule has 0 aliphatic rings. The first-order valence-electron chi connectivity index (χ1n) is 11.7. The quantitative estimate of drug-likeness (QED) is 0.301. The SMILES string of the molecule is CN(C)c1cccc(-c2nnc(-c3ccc(S(=O)(=O)Nc4ccc(NC(=O)C(C)(C)CF)cc4)cc3)o2)c1. The second kappa shape index (κ2) is 10.6. The van der Waals surface area contributed by atoms with Crippen LogP contribution in [-0.4, -0.2) is 45.3 Å². The summed E-state index contributed by atoms with van der Waals surface area (Å²) in [5.74, 6) is 0.152. The summed E-state index contributed by atoms with van der Waals surface area (Å²) < 4.78 is 47.1. The molecule has 0 aliphatic carbocycles. The fourth-order valence-corrected chi connectivity index (χ4v) is 4.41. The number of benzene rings is 3. The number of anilines is 3. The number of hydrogen-bond acceptors (Lipinski definition) is 7. The highest BCUT2D eigenvalue weighted by Crippen LogP contribution is 2.28. The summed E-state index contributed by atoms with van der Waals surface area (Å²) in [5, 5.41) is 10.8. The molecule has 0 spiro atoms. The number of carbonyl (C=O) groups excluding carboxylic acids is 1. The number of aromatic nitrogens is 2. The van der Waals surface area contributed by atoms with E-state index in [1.807, 2.05) is 43.3 Å². The van der Waals surface area contributed by atoms with Gasteiger partial charge in [0, 0.05) is 42.3 Å². The van der Waals surface area contributed by atoms with Gasteiger partial charge in [-0.2, -0.15) is 0 Å². The van der Waals surface area contributed by atoms with Crippen LogP contribution in [0.1, 0.15) is 13.8 Å². The van der Waals surface area contributed by atoms with Crippen molar-refractivity contribution in [2.75, 3.05) is 35.7 Å². The second-order valence-electron chi connectivity index (χ2n) is 9.54. The minimum atomic E-state index is -3.88. The summed E-state index contributed by atoms with van der Waals surface area (Å²) in [6, 6.07) is 19.8. The smallest absolute Gasteiger partial charge is 0.261 e. The summed E-state index contributed by atoms with van der Waals surface area (Å²) in [5.41, 5.74) is 1.91. The normalized spacial score (nSPS) is 11.7. The van der Waals surface area contributed by atoms with Crippen LogP contribution in [0.3, 0.4) is 0 Å². The maximum Gasteiger partial charge on any atom is 0.261 e. The first-order chi connectivity index (χ1) is 18.0. The molecule has 3 aromatic carbocycles. The van der Waals surface area contributed by atoms with E-state index in [0.29, 0.717) is 22.8 Å². The van der Waals surface area contributed by atoms with Crippen LogP contribution < -0.4 is 14.9 Å². The minimum absolute atomic E-state index is 0.0433. The van der Waals surface area contributed by atoms with E-state index in [1.54, 1.807) is 12.1 Å². The maximum atomic E-state index is 13.0. The Morgan fingerprint density at radius 3 is 2.13 bits per heavy atom. The molecule has 4 rings (SSSR count). The van der Waals surface area contributed by atoms with Crippen molar-refractivity contribution < 1.29 is 22.0 Å². The summed E-state index contributed by atoms with van der Waals surface area (Å²) in [7, 11) is -0.00537. The molecule has 1 heterocycles. The first-order valence-corrected chi connectivity index (χ1v) is 13.2. The van der Waals surface area contributed by atoms with Gasteiger partial charge in [0.1, 0.15) is 6.67 Å². The molecule has 38 heavy (non-hydrogen) atoms. The monoisotopic (exact) mass is 537 g/mol. The number of amides is 1. The lowest BCUT2D eigenvalue weighted by molar-refractivity contribution is -0.124. The lowest BCUT2D eigenvalue weighted by Gasteiger charge is -2.19. The van der Waals surface area contributed by atoms with E-state index in [2.05, 4.69) is 20.2 Å². The van der Waals surface area contributed by atoms with Gasteiger partial charge in [-0.1, -0.05) is 6.07 Å². The number of carbonyl (C=O) groups is 1. The van der Waals surface area contributed by atoms with Crippen LogP contribution in [-0.2, 0) is 14.8 Å². The molecule has 0 saturated heterocycles. The van der Waals surface area contributed by atoms with Crippen LogP contribution >= 0.6 is 0 Å². The van der Waals surface area contributed by atoms with Gasteiger partial charge in [0.2, 0.25) is 17.7 Å². The molecular formula is C27H28FN5O4S. The third-order valence-corrected chi connectivity index (χ3v) is 7.19. The van der Waals surface area contributed by atoms with Crippen molar-refractivity contribution in [2.24, 2.45) is 5.41 Å². The Balaban J connectivity index is 1.45. The van der Waals surface area contributed by atoms with Gasteiger partial charge in [0.15, 0.2) is 0 Å². The van der Waals surface area contributed by atoms with Crippen molar-refractivity contribution in [1.82, 2.24) is 10.2 Å². The Morgan fingerprint density at radius 2 is 1.53 bits per heavy atom. The van der Waals surface area contributed by atoms with Crippen LogP contribution in [0.4, 0.5) is 21.5 Å². The maximum absolute atomic E-state index is 13.0. The Bertz CT molecular complexity index is 1530. The van der Waals surface area contributed by atoms with Crippen LogP contribution in [0.25, 0.3) is 22.9 Å². The third-order valence-electron chi connectivity index (χ3n) is 5.79. The third kappa shape index (κ3) is 6.00. The second-order valence-corrected chi connectivity index (χ2v) is 11.2. The van der Waals surface area contributed by atoms with Gasteiger partial charge >= 0.3 is 0 Å². The van der Waals surface area contributed by atoms with Gasteiger partial charge < -0.3 is 14.6 Å². The fraction of sp³-hybridized carbons (Fsp3) is 0.222. The van der Waals surface area contributed by atoms with E-state index in [1.165, 1.54) is 50.2 Å². The first kappa shape index (κ1) is 26.8. The number of nitrogens with zero attached hydrogens (tertiary/aromatic N) is 3. The van der Waals surface area contributed by atoms with Crippen LogP contribution in [0.2, 0.25) is 0 Å². The molecule has 2 N–H and O–H groups in total. The predicted octanol–water partition coefficient (Wildman–Crippen LogP) is 5.20. The predicted molar refractivity (Wildman–Crippen MR) is 145 cm³/mol. The zero-order chi connectivity index (χ0) is 27.5. The zero-order valence-electron chi connectivity index (χ0n) is 21.4. The van der Waals surface area contributed by atoms with Crippen molar-refractivity contribution in [3.05, 3.63) is 72.8 Å². The van der Waals surface area contributed by atoms with Crippen molar-refractivity contribution in [2.45, 2.75) is 18.7 Å². The average molecular weight is 538 g/mol. The van der Waals surface area contributed by atoms with Crippen molar-refractivity contribution in [3.63, 3.8) is 0 Å². The molecule has 0 unspecified atom stereocenters. The molecule has 0 saturated carbocycles. The van der Waals surface area contributed by atoms with Gasteiger partial charge in [-0.15, -0.1) is 10.2 Å². The molecule has 9 nitrogen and oxygen atoms in total. The number of rotatable bonds is 9. The molecule has 0 fully saturated rings. The molecule has 11 heteroatoms. The molecule has 1 aromatic heterocycles.